The molecule has 0 saturated heterocycles. The molecule has 1 aromatic rings. The van der Waals surface area contributed by atoms with E-state index < -0.39 is 5.60 Å². The third-order valence-electron chi connectivity index (χ3n) is 2.48. The summed E-state index contributed by atoms with van der Waals surface area (Å²) in [5.41, 5.74) is 0.465. The van der Waals surface area contributed by atoms with Crippen LogP contribution in [0.5, 0.6) is 0 Å². The maximum atomic E-state index is 11.9. The Balaban J connectivity index is 2.83. The van der Waals surface area contributed by atoms with Gasteiger partial charge in [-0.05, 0) is 38.6 Å². The zero-order valence-electron chi connectivity index (χ0n) is 11.8. The molecule has 0 aromatic heterocycles. The van der Waals surface area contributed by atoms with Gasteiger partial charge in [0.25, 0.3) is 0 Å². The first-order valence-corrected chi connectivity index (χ1v) is 6.59. The highest BCUT2D eigenvalue weighted by molar-refractivity contribution is 7.80. The average Bonchev–Trinajstić information content (AvgIpc) is 2.34. The van der Waals surface area contributed by atoms with E-state index in [2.05, 4.69) is 0 Å². The fourth-order valence-corrected chi connectivity index (χ4v) is 1.93. The van der Waals surface area contributed by atoms with Crippen LogP contribution in [0.15, 0.2) is 30.3 Å². The quantitative estimate of drug-likeness (QED) is 0.625. The molecular formula is C15H20O3S. The van der Waals surface area contributed by atoms with E-state index in [0.29, 0.717) is 5.05 Å². The van der Waals surface area contributed by atoms with Gasteiger partial charge in [-0.2, -0.15) is 0 Å². The van der Waals surface area contributed by atoms with Gasteiger partial charge >= 0.3 is 5.97 Å². The molecule has 1 atom stereocenters. The van der Waals surface area contributed by atoms with E-state index in [1.54, 1.807) is 0 Å². The van der Waals surface area contributed by atoms with Crippen LogP contribution in [0.4, 0.5) is 0 Å². The van der Waals surface area contributed by atoms with Crippen molar-refractivity contribution in [2.75, 3.05) is 7.11 Å². The molecule has 0 radical (unpaired) electrons. The summed E-state index contributed by atoms with van der Waals surface area (Å²) in [6, 6.07) is 9.61. The maximum Gasteiger partial charge on any atom is 0.307 e. The summed E-state index contributed by atoms with van der Waals surface area (Å²) in [5, 5.41) is 0.400. The molecule has 0 spiro atoms. The first-order valence-electron chi connectivity index (χ1n) is 6.18. The van der Waals surface area contributed by atoms with Crippen LogP contribution >= 0.6 is 12.2 Å². The number of benzene rings is 1. The van der Waals surface area contributed by atoms with Crippen molar-refractivity contribution in [2.45, 2.75) is 38.7 Å². The molecule has 0 aliphatic carbocycles. The van der Waals surface area contributed by atoms with Gasteiger partial charge in [0.2, 0.25) is 0 Å². The Labute approximate surface area is 119 Å². The molecule has 3 nitrogen and oxygen atoms in total. The van der Waals surface area contributed by atoms with Crippen LogP contribution in [0.2, 0.25) is 0 Å². The summed E-state index contributed by atoms with van der Waals surface area (Å²) in [7, 11) is 1.52. The second-order valence-electron chi connectivity index (χ2n) is 5.28. The number of methoxy groups -OCH3 is 1. The highest BCUT2D eigenvalue weighted by atomic mass is 32.1. The van der Waals surface area contributed by atoms with Crippen molar-refractivity contribution in [1.29, 1.82) is 0 Å². The molecule has 0 amide bonds. The number of carbonyl (C=O) groups is 1. The smallest absolute Gasteiger partial charge is 0.307 e. The van der Waals surface area contributed by atoms with E-state index in [1.807, 2.05) is 51.1 Å². The van der Waals surface area contributed by atoms with Crippen molar-refractivity contribution in [3.8, 4) is 0 Å². The zero-order chi connectivity index (χ0) is 14.5. The topological polar surface area (TPSA) is 35.5 Å². The minimum Gasteiger partial charge on any atom is -0.490 e. The summed E-state index contributed by atoms with van der Waals surface area (Å²) in [5.74, 6) is -0.531. The molecule has 4 heteroatoms. The van der Waals surface area contributed by atoms with Gasteiger partial charge < -0.3 is 9.47 Å². The monoisotopic (exact) mass is 280 g/mol. The molecule has 0 N–H and O–H groups in total. The Hall–Kier alpha value is -1.42. The predicted octanol–water partition coefficient (Wildman–Crippen LogP) is 3.48. The fraction of sp³-hybridized carbons (Fsp3) is 0.467. The van der Waals surface area contributed by atoms with E-state index in [4.69, 9.17) is 21.7 Å². The molecule has 104 valence electrons. The molecular weight excluding hydrogens is 260 g/mol. The van der Waals surface area contributed by atoms with Crippen molar-refractivity contribution in [1.82, 2.24) is 0 Å². The number of carbonyl (C=O) groups excluding carboxylic acids is 1. The number of esters is 1. The van der Waals surface area contributed by atoms with Gasteiger partial charge in [0, 0.05) is 0 Å². The SMILES string of the molecule is COC(=S)C(CC(=O)OC(C)(C)C)c1ccccc1. The van der Waals surface area contributed by atoms with E-state index in [1.165, 1.54) is 7.11 Å². The minimum atomic E-state index is -0.493. The zero-order valence-corrected chi connectivity index (χ0v) is 12.6. The summed E-state index contributed by atoms with van der Waals surface area (Å²) < 4.78 is 10.5. The normalized spacial score (nSPS) is 12.6. The maximum absolute atomic E-state index is 11.9. The van der Waals surface area contributed by atoms with E-state index >= 15 is 0 Å². The molecule has 1 rings (SSSR count). The van der Waals surface area contributed by atoms with Gasteiger partial charge in [-0.25, -0.2) is 0 Å². The summed E-state index contributed by atoms with van der Waals surface area (Å²) in [6.07, 6.45) is 0.188. The van der Waals surface area contributed by atoms with Crippen LogP contribution in [0.1, 0.15) is 38.7 Å². The van der Waals surface area contributed by atoms with Crippen LogP contribution in [-0.2, 0) is 14.3 Å². The third kappa shape index (κ3) is 5.39. The van der Waals surface area contributed by atoms with Gasteiger partial charge in [-0.15, -0.1) is 0 Å². The molecule has 0 aliphatic heterocycles. The Kier molecular flexibility index (Phi) is 5.48. The fourth-order valence-electron chi connectivity index (χ4n) is 1.71. The number of thiocarbonyl (C=S) groups is 1. The molecule has 1 aromatic carbocycles. The molecule has 0 bridgehead atoms. The first-order chi connectivity index (χ1) is 8.83. The van der Waals surface area contributed by atoms with Gasteiger partial charge in [-0.3, -0.25) is 4.79 Å². The predicted molar refractivity (Wildman–Crippen MR) is 79.3 cm³/mol. The third-order valence-corrected chi connectivity index (χ3v) is 2.93. The minimum absolute atomic E-state index is 0.188. The standard InChI is InChI=1S/C15H20O3S/c1-15(2,3)18-13(16)10-12(14(19)17-4)11-8-6-5-7-9-11/h5-9,12H,10H2,1-4H3. The summed E-state index contributed by atoms with van der Waals surface area (Å²) >= 11 is 5.19. The summed E-state index contributed by atoms with van der Waals surface area (Å²) in [4.78, 5) is 11.9. The second kappa shape index (κ2) is 6.66. The lowest BCUT2D eigenvalue weighted by molar-refractivity contribution is -0.154. The van der Waals surface area contributed by atoms with E-state index in [0.717, 1.165) is 5.56 Å². The number of rotatable bonds is 4. The lowest BCUT2D eigenvalue weighted by atomic mass is 9.96. The molecule has 0 saturated carbocycles. The molecule has 1 unspecified atom stereocenters. The van der Waals surface area contributed by atoms with E-state index in [-0.39, 0.29) is 18.3 Å². The summed E-state index contributed by atoms with van der Waals surface area (Å²) in [6.45, 7) is 5.53. The van der Waals surface area contributed by atoms with Crippen molar-refractivity contribution in [3.05, 3.63) is 35.9 Å². The van der Waals surface area contributed by atoms with E-state index in [9.17, 15) is 4.79 Å². The van der Waals surface area contributed by atoms with Gasteiger partial charge in [0.15, 0.2) is 5.05 Å². The number of hydrogen-bond acceptors (Lipinski definition) is 4. The Morgan fingerprint density at radius 1 is 1.26 bits per heavy atom. The van der Waals surface area contributed by atoms with Crippen molar-refractivity contribution >= 4 is 23.2 Å². The number of hydrogen-bond donors (Lipinski definition) is 0. The first kappa shape index (κ1) is 15.6. The van der Waals surface area contributed by atoms with Crippen LogP contribution in [0.3, 0.4) is 0 Å². The van der Waals surface area contributed by atoms with Crippen molar-refractivity contribution in [3.63, 3.8) is 0 Å². The highest BCUT2D eigenvalue weighted by Crippen LogP contribution is 2.24. The molecule has 19 heavy (non-hydrogen) atoms. The van der Waals surface area contributed by atoms with Crippen LogP contribution in [0, 0.1) is 0 Å². The Morgan fingerprint density at radius 3 is 2.32 bits per heavy atom. The van der Waals surface area contributed by atoms with Crippen LogP contribution in [-0.4, -0.2) is 23.7 Å². The van der Waals surface area contributed by atoms with Crippen LogP contribution < -0.4 is 0 Å². The van der Waals surface area contributed by atoms with Crippen molar-refractivity contribution < 1.29 is 14.3 Å². The highest BCUT2D eigenvalue weighted by Gasteiger charge is 2.25. The average molecular weight is 280 g/mol. The largest absolute Gasteiger partial charge is 0.490 e. The number of ether oxygens (including phenoxy) is 2. The Morgan fingerprint density at radius 2 is 1.84 bits per heavy atom. The van der Waals surface area contributed by atoms with Gasteiger partial charge in [0.1, 0.15) is 5.60 Å². The van der Waals surface area contributed by atoms with Gasteiger partial charge in [-0.1, -0.05) is 30.3 Å². The lowest BCUT2D eigenvalue weighted by Crippen LogP contribution is -2.26. The van der Waals surface area contributed by atoms with Crippen molar-refractivity contribution in [2.24, 2.45) is 0 Å². The lowest BCUT2D eigenvalue weighted by Gasteiger charge is -2.22. The second-order valence-corrected chi connectivity index (χ2v) is 5.68. The Bertz CT molecular complexity index is 434. The van der Waals surface area contributed by atoms with Crippen LogP contribution in [0.25, 0.3) is 0 Å². The van der Waals surface area contributed by atoms with Gasteiger partial charge in [0.05, 0.1) is 19.4 Å². The molecule has 0 heterocycles. The molecule has 0 fully saturated rings. The molecule has 0 aliphatic rings.